The van der Waals surface area contributed by atoms with E-state index in [4.69, 9.17) is 4.98 Å². The first-order valence-corrected chi connectivity index (χ1v) is 11.4. The van der Waals surface area contributed by atoms with Crippen LogP contribution in [0.5, 0.6) is 0 Å². The van der Waals surface area contributed by atoms with Crippen LogP contribution in [0.15, 0.2) is 66.0 Å². The molecule has 1 N–H and O–H groups in total. The van der Waals surface area contributed by atoms with Crippen molar-refractivity contribution < 1.29 is 14.6 Å². The molecule has 0 atom stereocenters. The number of hydrogen-bond donors (Lipinski definition) is 1. The molecule has 0 aliphatic heterocycles. The largest absolute Gasteiger partial charge is 0.348 e. The molecule has 3 aromatic carbocycles. The third-order valence-corrected chi connectivity index (χ3v) is 6.41. The van der Waals surface area contributed by atoms with Crippen molar-refractivity contribution in [1.29, 1.82) is 0 Å². The molecule has 0 radical (unpaired) electrons. The smallest absolute Gasteiger partial charge is 0.279 e. The Labute approximate surface area is 204 Å². The molecule has 1 heterocycles. The number of hydrogen-bond acceptors (Lipinski definition) is 7. The van der Waals surface area contributed by atoms with E-state index in [0.717, 1.165) is 39.5 Å². The summed E-state index contributed by atoms with van der Waals surface area (Å²) in [7, 11) is 0. The van der Waals surface area contributed by atoms with E-state index in [1.54, 1.807) is 11.3 Å². The molecule has 0 unspecified atom stereocenters. The van der Waals surface area contributed by atoms with Crippen molar-refractivity contribution in [3.63, 3.8) is 0 Å². The van der Waals surface area contributed by atoms with Crippen molar-refractivity contribution in [1.82, 2.24) is 10.3 Å². The van der Waals surface area contributed by atoms with Gasteiger partial charge in [-0.2, -0.15) is 0 Å². The van der Waals surface area contributed by atoms with Gasteiger partial charge in [-0.05, 0) is 19.4 Å². The number of carbonyl (C=O) groups excluding carboxylic acids is 1. The monoisotopic (exact) mass is 488 g/mol. The van der Waals surface area contributed by atoms with Crippen LogP contribution in [0.3, 0.4) is 0 Å². The summed E-state index contributed by atoms with van der Waals surface area (Å²) in [6.45, 7) is 3.58. The van der Waals surface area contributed by atoms with Crippen LogP contribution in [-0.2, 0) is 6.54 Å². The van der Waals surface area contributed by atoms with Gasteiger partial charge in [0.1, 0.15) is 5.01 Å². The second-order valence-corrected chi connectivity index (χ2v) is 8.79. The van der Waals surface area contributed by atoms with E-state index in [1.807, 2.05) is 60.8 Å². The molecule has 35 heavy (non-hydrogen) atoms. The zero-order valence-electron chi connectivity index (χ0n) is 18.8. The molecule has 0 fully saturated rings. The summed E-state index contributed by atoms with van der Waals surface area (Å²) >= 11 is 1.54. The lowest BCUT2D eigenvalue weighted by Crippen LogP contribution is -2.24. The van der Waals surface area contributed by atoms with Gasteiger partial charge in [-0.15, -0.1) is 11.3 Å². The minimum atomic E-state index is -0.759. The van der Waals surface area contributed by atoms with Crippen molar-refractivity contribution in [2.75, 3.05) is 0 Å². The first-order valence-electron chi connectivity index (χ1n) is 10.6. The quantitative estimate of drug-likeness (QED) is 0.257. The second kappa shape index (κ2) is 9.82. The lowest BCUT2D eigenvalue weighted by atomic mass is 10.0. The molecule has 4 rings (SSSR count). The summed E-state index contributed by atoms with van der Waals surface area (Å²) in [4.78, 5) is 38.3. The maximum Gasteiger partial charge on any atom is 0.279 e. The van der Waals surface area contributed by atoms with E-state index in [0.29, 0.717) is 0 Å². The molecule has 4 aromatic rings. The number of non-ortho nitro benzene ring substituents is 1. The lowest BCUT2D eigenvalue weighted by molar-refractivity contribution is -0.394. The van der Waals surface area contributed by atoms with Crippen LogP contribution in [-0.4, -0.2) is 20.7 Å². The number of aromatic nitrogens is 1. The first-order chi connectivity index (χ1) is 16.7. The second-order valence-electron chi connectivity index (χ2n) is 7.94. The number of nitro groups is 2. The van der Waals surface area contributed by atoms with Gasteiger partial charge in [0.05, 0.1) is 27.2 Å². The van der Waals surface area contributed by atoms with Gasteiger partial charge < -0.3 is 5.32 Å². The van der Waals surface area contributed by atoms with Crippen LogP contribution in [0.25, 0.3) is 21.8 Å². The Hall–Kier alpha value is -4.44. The van der Waals surface area contributed by atoms with Gasteiger partial charge in [-0.3, -0.25) is 25.0 Å². The fraction of sp³-hybridized carbons (Fsp3) is 0.120. The van der Waals surface area contributed by atoms with E-state index in [2.05, 4.69) is 5.32 Å². The molecular weight excluding hydrogens is 468 g/mol. The molecule has 0 aliphatic rings. The minimum absolute atomic E-state index is 0.0709. The Morgan fingerprint density at radius 1 is 0.943 bits per heavy atom. The van der Waals surface area contributed by atoms with Crippen LogP contribution in [0.4, 0.5) is 11.4 Å². The Bertz CT molecular complexity index is 1430. The van der Waals surface area contributed by atoms with E-state index in [-0.39, 0.29) is 17.7 Å². The highest BCUT2D eigenvalue weighted by atomic mass is 32.1. The normalized spacial score (nSPS) is 10.7. The number of benzene rings is 3. The van der Waals surface area contributed by atoms with Gasteiger partial charge in [0.2, 0.25) is 0 Å². The number of aryl methyl sites for hydroxylation is 1. The topological polar surface area (TPSA) is 128 Å². The van der Waals surface area contributed by atoms with E-state index in [9.17, 15) is 25.0 Å². The van der Waals surface area contributed by atoms with E-state index >= 15 is 0 Å². The van der Waals surface area contributed by atoms with E-state index in [1.165, 1.54) is 12.5 Å². The molecule has 0 aliphatic carbocycles. The van der Waals surface area contributed by atoms with Crippen LogP contribution in [0.2, 0.25) is 0 Å². The zero-order valence-corrected chi connectivity index (χ0v) is 19.7. The van der Waals surface area contributed by atoms with Gasteiger partial charge in [0.25, 0.3) is 17.3 Å². The van der Waals surface area contributed by atoms with Crippen molar-refractivity contribution in [2.45, 2.75) is 20.4 Å². The molecule has 176 valence electrons. The van der Waals surface area contributed by atoms with Crippen LogP contribution < -0.4 is 5.32 Å². The van der Waals surface area contributed by atoms with Crippen molar-refractivity contribution in [3.05, 3.63) is 109 Å². The summed E-state index contributed by atoms with van der Waals surface area (Å²) in [5.41, 5.74) is 3.87. The number of carbonyl (C=O) groups is 1. The van der Waals surface area contributed by atoms with E-state index < -0.39 is 27.1 Å². The highest BCUT2D eigenvalue weighted by Crippen LogP contribution is 2.30. The molecule has 9 nitrogen and oxygen atoms in total. The predicted molar refractivity (Wildman–Crippen MR) is 133 cm³/mol. The average Bonchev–Trinajstić information content (AvgIpc) is 3.33. The first kappa shape index (κ1) is 23.7. The molecule has 0 saturated carbocycles. The van der Waals surface area contributed by atoms with Crippen LogP contribution >= 0.6 is 11.3 Å². The summed E-state index contributed by atoms with van der Waals surface area (Å²) in [6, 6.07) is 17.6. The zero-order chi connectivity index (χ0) is 25.1. The summed E-state index contributed by atoms with van der Waals surface area (Å²) in [5.74, 6) is -0.624. The third-order valence-electron chi connectivity index (χ3n) is 5.52. The maximum atomic E-state index is 12.7. The van der Waals surface area contributed by atoms with Crippen molar-refractivity contribution in [3.8, 4) is 21.8 Å². The van der Waals surface area contributed by atoms with Gasteiger partial charge in [0.15, 0.2) is 0 Å². The molecule has 1 aromatic heterocycles. The number of nitrogens with one attached hydrogen (secondary N) is 1. The predicted octanol–water partition coefficient (Wildman–Crippen LogP) is 5.84. The van der Waals surface area contributed by atoms with Crippen molar-refractivity contribution in [2.24, 2.45) is 0 Å². The highest BCUT2D eigenvalue weighted by Gasteiger charge is 2.24. The van der Waals surface area contributed by atoms with Crippen LogP contribution in [0, 0.1) is 34.1 Å². The number of rotatable bonds is 7. The van der Waals surface area contributed by atoms with Gasteiger partial charge in [-0.25, -0.2) is 4.98 Å². The van der Waals surface area contributed by atoms with Crippen LogP contribution in [0.1, 0.15) is 27.0 Å². The Balaban J connectivity index is 1.47. The fourth-order valence-corrected chi connectivity index (χ4v) is 4.36. The van der Waals surface area contributed by atoms with Gasteiger partial charge in [-0.1, -0.05) is 54.1 Å². The Morgan fingerprint density at radius 2 is 1.60 bits per heavy atom. The standard InChI is InChI=1S/C25H20N4O5S/c1-15-3-7-18(8-4-15)22-14-35-25(27-22)19-9-5-17(6-10-19)13-26-24(30)21-11-20(28(31)32)12-23(16(21)2)29(33)34/h3-12,14H,13H2,1-2H3,(H,26,30). The fourth-order valence-electron chi connectivity index (χ4n) is 3.52. The van der Waals surface area contributed by atoms with Gasteiger partial charge in [0, 0.05) is 34.7 Å². The minimum Gasteiger partial charge on any atom is -0.348 e. The number of amides is 1. The van der Waals surface area contributed by atoms with Gasteiger partial charge >= 0.3 is 0 Å². The average molecular weight is 489 g/mol. The van der Waals surface area contributed by atoms with Crippen molar-refractivity contribution >= 4 is 28.6 Å². The summed E-state index contributed by atoms with van der Waals surface area (Å²) in [5, 5.41) is 27.9. The number of nitrogens with zero attached hydrogens (tertiary/aromatic N) is 3. The number of nitro benzene ring substituents is 2. The molecule has 1 amide bonds. The molecule has 0 saturated heterocycles. The third kappa shape index (κ3) is 5.22. The summed E-state index contributed by atoms with van der Waals surface area (Å²) in [6.07, 6.45) is 0. The summed E-state index contributed by atoms with van der Waals surface area (Å²) < 4.78 is 0. The molecule has 10 heteroatoms. The highest BCUT2D eigenvalue weighted by molar-refractivity contribution is 7.13. The SMILES string of the molecule is Cc1ccc(-c2csc(-c3ccc(CNC(=O)c4cc([N+](=O)[O-])cc([N+](=O)[O-])c4C)cc3)n2)cc1. The Kier molecular flexibility index (Phi) is 6.65. The molecule has 0 bridgehead atoms. The number of thiazole rings is 1. The molecular formula is C25H20N4O5S. The Morgan fingerprint density at radius 3 is 2.23 bits per heavy atom. The maximum absolute atomic E-state index is 12.7. The molecule has 0 spiro atoms. The lowest BCUT2D eigenvalue weighted by Gasteiger charge is -2.09.